The van der Waals surface area contributed by atoms with Crippen molar-refractivity contribution in [2.75, 3.05) is 18.8 Å². The number of hydrogen-bond donors (Lipinski definition) is 1. The Morgan fingerprint density at radius 2 is 1.71 bits per heavy atom. The van der Waals surface area contributed by atoms with Crippen molar-refractivity contribution >= 4 is 35.2 Å². The van der Waals surface area contributed by atoms with E-state index in [-0.39, 0.29) is 23.5 Å². The predicted molar refractivity (Wildman–Crippen MR) is 121 cm³/mol. The van der Waals surface area contributed by atoms with E-state index in [0.717, 1.165) is 11.3 Å². The second-order valence-electron chi connectivity index (χ2n) is 7.33. The molecule has 1 aliphatic heterocycles. The molecule has 0 radical (unpaired) electrons. The molecular weight excluding hydrogens is 434 g/mol. The Labute approximate surface area is 189 Å². The predicted octanol–water partition coefficient (Wildman–Crippen LogP) is 3.40. The molecule has 0 spiro atoms. The Bertz CT molecular complexity index is 1060. The van der Waals surface area contributed by atoms with Crippen molar-refractivity contribution in [3.63, 3.8) is 0 Å². The highest BCUT2D eigenvalue weighted by Gasteiger charge is 2.26. The van der Waals surface area contributed by atoms with Crippen LogP contribution in [0.25, 0.3) is 17.1 Å². The molecule has 2 amide bonds. The zero-order valence-corrected chi connectivity index (χ0v) is 18.4. The third kappa shape index (κ3) is 4.91. The maximum absolute atomic E-state index is 12.7. The number of aromatic nitrogens is 3. The van der Waals surface area contributed by atoms with Crippen LogP contribution in [-0.4, -0.2) is 50.3 Å². The van der Waals surface area contributed by atoms with Crippen LogP contribution in [0.2, 0.25) is 5.02 Å². The summed E-state index contributed by atoms with van der Waals surface area (Å²) in [6, 6.07) is 17.2. The summed E-state index contributed by atoms with van der Waals surface area (Å²) in [5, 5.41) is 10.0. The number of nitrogens with two attached hydrogens (primary N) is 1. The lowest BCUT2D eigenvalue weighted by Gasteiger charge is -2.30. The molecule has 0 saturated carbocycles. The first-order valence-electron chi connectivity index (χ1n) is 9.99. The topological polar surface area (TPSA) is 94.1 Å². The van der Waals surface area contributed by atoms with Gasteiger partial charge in [0.25, 0.3) is 0 Å². The zero-order chi connectivity index (χ0) is 21.8. The number of halogens is 1. The SMILES string of the molecule is NC(=O)C1CCN(C(=O)CSc2nnc(-c3ccc(Cl)cc3)n2-c2ccccc2)CC1. The highest BCUT2D eigenvalue weighted by Crippen LogP contribution is 2.29. The Kier molecular flexibility index (Phi) is 6.58. The molecule has 0 aliphatic carbocycles. The van der Waals surface area contributed by atoms with Crippen molar-refractivity contribution in [2.24, 2.45) is 11.7 Å². The average Bonchev–Trinajstić information content (AvgIpc) is 3.22. The standard InChI is InChI=1S/C22H22ClN5O2S/c23-17-8-6-16(7-9-17)21-25-26-22(28(21)18-4-2-1-3-5-18)31-14-19(29)27-12-10-15(11-13-27)20(24)30/h1-9,15H,10-14H2,(H2,24,30). The van der Waals surface area contributed by atoms with Crippen molar-refractivity contribution in [3.8, 4) is 17.1 Å². The van der Waals surface area contributed by atoms with Crippen LogP contribution >= 0.6 is 23.4 Å². The van der Waals surface area contributed by atoms with Crippen LogP contribution in [0.15, 0.2) is 59.8 Å². The fraction of sp³-hybridized carbons (Fsp3) is 0.273. The van der Waals surface area contributed by atoms with Crippen LogP contribution in [0.5, 0.6) is 0 Å². The maximum atomic E-state index is 12.7. The monoisotopic (exact) mass is 455 g/mol. The van der Waals surface area contributed by atoms with Crippen molar-refractivity contribution in [3.05, 3.63) is 59.6 Å². The summed E-state index contributed by atoms with van der Waals surface area (Å²) >= 11 is 7.38. The molecule has 2 N–H and O–H groups in total. The lowest BCUT2D eigenvalue weighted by atomic mass is 9.96. The molecule has 160 valence electrons. The van der Waals surface area contributed by atoms with E-state index >= 15 is 0 Å². The maximum Gasteiger partial charge on any atom is 0.233 e. The van der Waals surface area contributed by atoms with E-state index in [0.29, 0.717) is 41.9 Å². The number of para-hydroxylation sites is 1. The van der Waals surface area contributed by atoms with Gasteiger partial charge in [-0.3, -0.25) is 14.2 Å². The summed E-state index contributed by atoms with van der Waals surface area (Å²) in [5.74, 6) is 0.517. The van der Waals surface area contributed by atoms with Gasteiger partial charge in [0.1, 0.15) is 0 Å². The van der Waals surface area contributed by atoms with E-state index in [4.69, 9.17) is 17.3 Å². The molecule has 0 bridgehead atoms. The molecule has 9 heteroatoms. The van der Waals surface area contributed by atoms with Crippen molar-refractivity contribution in [1.29, 1.82) is 0 Å². The Morgan fingerprint density at radius 3 is 2.35 bits per heavy atom. The van der Waals surface area contributed by atoms with Gasteiger partial charge < -0.3 is 10.6 Å². The van der Waals surface area contributed by atoms with E-state index < -0.39 is 0 Å². The van der Waals surface area contributed by atoms with E-state index in [1.54, 1.807) is 4.90 Å². The summed E-state index contributed by atoms with van der Waals surface area (Å²) in [7, 11) is 0. The van der Waals surface area contributed by atoms with Crippen LogP contribution < -0.4 is 5.73 Å². The van der Waals surface area contributed by atoms with Gasteiger partial charge in [-0.2, -0.15) is 0 Å². The van der Waals surface area contributed by atoms with Crippen LogP contribution in [0, 0.1) is 5.92 Å². The molecule has 1 aliphatic rings. The number of thioether (sulfide) groups is 1. The first-order valence-corrected chi connectivity index (χ1v) is 11.4. The number of rotatable bonds is 6. The summed E-state index contributed by atoms with van der Waals surface area (Å²) in [6.45, 7) is 1.10. The highest BCUT2D eigenvalue weighted by molar-refractivity contribution is 7.99. The molecule has 0 unspecified atom stereocenters. The number of benzene rings is 2. The van der Waals surface area contributed by atoms with E-state index in [9.17, 15) is 9.59 Å². The normalized spacial score (nSPS) is 14.5. The van der Waals surface area contributed by atoms with Crippen LogP contribution in [0.1, 0.15) is 12.8 Å². The van der Waals surface area contributed by atoms with Crippen molar-refractivity contribution in [2.45, 2.75) is 18.0 Å². The molecule has 2 heterocycles. The number of likely N-dealkylation sites (tertiary alicyclic amines) is 1. The quantitative estimate of drug-likeness (QED) is 0.575. The molecule has 1 saturated heterocycles. The van der Waals surface area contributed by atoms with Crippen LogP contribution in [0.3, 0.4) is 0 Å². The fourth-order valence-corrected chi connectivity index (χ4v) is 4.57. The Morgan fingerprint density at radius 1 is 1.03 bits per heavy atom. The number of carbonyl (C=O) groups is 2. The van der Waals surface area contributed by atoms with E-state index in [1.807, 2.05) is 59.2 Å². The lowest BCUT2D eigenvalue weighted by Crippen LogP contribution is -2.42. The van der Waals surface area contributed by atoms with Gasteiger partial charge in [0.15, 0.2) is 11.0 Å². The minimum Gasteiger partial charge on any atom is -0.369 e. The molecule has 3 aromatic rings. The van der Waals surface area contributed by atoms with Gasteiger partial charge in [-0.05, 0) is 49.2 Å². The number of piperidine rings is 1. The van der Waals surface area contributed by atoms with Gasteiger partial charge in [-0.15, -0.1) is 10.2 Å². The summed E-state index contributed by atoms with van der Waals surface area (Å²) in [5.41, 5.74) is 7.18. The third-order valence-electron chi connectivity index (χ3n) is 5.32. The van der Waals surface area contributed by atoms with E-state index in [1.165, 1.54) is 11.8 Å². The first kappa shape index (κ1) is 21.4. The van der Waals surface area contributed by atoms with Gasteiger partial charge in [-0.1, -0.05) is 41.6 Å². The zero-order valence-electron chi connectivity index (χ0n) is 16.8. The smallest absolute Gasteiger partial charge is 0.233 e. The Balaban J connectivity index is 1.53. The number of primary amides is 1. The molecular formula is C22H22ClN5O2S. The summed E-state index contributed by atoms with van der Waals surface area (Å²) in [6.07, 6.45) is 1.24. The molecule has 2 aromatic carbocycles. The summed E-state index contributed by atoms with van der Waals surface area (Å²) < 4.78 is 1.94. The van der Waals surface area contributed by atoms with Gasteiger partial charge in [0, 0.05) is 35.3 Å². The van der Waals surface area contributed by atoms with Crippen molar-refractivity contribution < 1.29 is 9.59 Å². The first-order chi connectivity index (χ1) is 15.0. The molecule has 4 rings (SSSR count). The van der Waals surface area contributed by atoms with Gasteiger partial charge in [0.2, 0.25) is 11.8 Å². The third-order valence-corrected chi connectivity index (χ3v) is 6.49. The van der Waals surface area contributed by atoms with Gasteiger partial charge in [-0.25, -0.2) is 0 Å². The number of amides is 2. The largest absolute Gasteiger partial charge is 0.369 e. The fourth-order valence-electron chi connectivity index (χ4n) is 3.59. The average molecular weight is 456 g/mol. The van der Waals surface area contributed by atoms with Crippen LogP contribution in [0.4, 0.5) is 0 Å². The second kappa shape index (κ2) is 9.53. The molecule has 31 heavy (non-hydrogen) atoms. The second-order valence-corrected chi connectivity index (χ2v) is 8.71. The van der Waals surface area contributed by atoms with Crippen molar-refractivity contribution in [1.82, 2.24) is 19.7 Å². The molecule has 0 atom stereocenters. The number of nitrogens with zero attached hydrogens (tertiary/aromatic N) is 4. The number of carbonyl (C=O) groups excluding carboxylic acids is 2. The van der Waals surface area contributed by atoms with E-state index in [2.05, 4.69) is 10.2 Å². The van der Waals surface area contributed by atoms with Gasteiger partial charge >= 0.3 is 0 Å². The molecule has 1 fully saturated rings. The minimum absolute atomic E-state index is 0.0172. The number of hydrogen-bond acceptors (Lipinski definition) is 5. The lowest BCUT2D eigenvalue weighted by molar-refractivity contribution is -0.132. The highest BCUT2D eigenvalue weighted by atomic mass is 35.5. The van der Waals surface area contributed by atoms with Gasteiger partial charge in [0.05, 0.1) is 5.75 Å². The molecule has 7 nitrogen and oxygen atoms in total. The minimum atomic E-state index is -0.285. The molecule has 1 aromatic heterocycles. The Hall–Kier alpha value is -2.84. The summed E-state index contributed by atoms with van der Waals surface area (Å²) in [4.78, 5) is 25.9. The van der Waals surface area contributed by atoms with Crippen LogP contribution in [-0.2, 0) is 9.59 Å².